The van der Waals surface area contributed by atoms with Gasteiger partial charge >= 0.3 is 0 Å². The molecule has 4 heteroatoms. The molecule has 3 nitrogen and oxygen atoms in total. The van der Waals surface area contributed by atoms with Gasteiger partial charge in [-0.15, -0.1) is 12.4 Å². The third kappa shape index (κ3) is 1.96. The second kappa shape index (κ2) is 4.09. The van der Waals surface area contributed by atoms with Crippen LogP contribution in [0.25, 0.3) is 0 Å². The van der Waals surface area contributed by atoms with Gasteiger partial charge in [0.15, 0.2) is 6.29 Å². The zero-order valence-electron chi connectivity index (χ0n) is 4.50. The molecule has 0 aromatic carbocycles. The van der Waals surface area contributed by atoms with Crippen LogP contribution in [0.15, 0.2) is 0 Å². The average molecular weight is 140 g/mol. The highest BCUT2D eigenvalue weighted by Crippen LogP contribution is 1.99. The fraction of sp³-hybridized carbons (Fsp3) is 1.00. The number of ether oxygens (including phenoxy) is 2. The molecule has 8 heavy (non-hydrogen) atoms. The van der Waals surface area contributed by atoms with Gasteiger partial charge in [0, 0.05) is 6.54 Å². The third-order valence-electron chi connectivity index (χ3n) is 0.883. The topological polar surface area (TPSA) is 44.5 Å². The Hall–Kier alpha value is 0.170. The summed E-state index contributed by atoms with van der Waals surface area (Å²) in [6, 6.07) is 0. The first-order valence-corrected chi connectivity index (χ1v) is 2.37. The molecule has 0 unspecified atom stereocenters. The van der Waals surface area contributed by atoms with Crippen LogP contribution in [-0.4, -0.2) is 26.0 Å². The minimum atomic E-state index is -0.125. The lowest BCUT2D eigenvalue weighted by Gasteiger charge is -2.01. The first-order chi connectivity index (χ1) is 3.43. The van der Waals surface area contributed by atoms with E-state index in [2.05, 4.69) is 0 Å². The van der Waals surface area contributed by atoms with Crippen LogP contribution in [0.1, 0.15) is 0 Å². The molecule has 0 radical (unpaired) electrons. The Bertz CT molecular complexity index is 56.0. The van der Waals surface area contributed by atoms with Crippen LogP contribution in [0.4, 0.5) is 0 Å². The molecule has 0 aliphatic carbocycles. The summed E-state index contributed by atoms with van der Waals surface area (Å²) in [4.78, 5) is 0. The SMILES string of the molecule is Cl.NCC1OCCO1. The Balaban J connectivity index is 0.000000490. The molecule has 0 spiro atoms. The molecular formula is C4H10ClNO2. The Morgan fingerprint density at radius 3 is 2.12 bits per heavy atom. The number of hydrogen-bond donors (Lipinski definition) is 1. The molecule has 0 aromatic rings. The van der Waals surface area contributed by atoms with Gasteiger partial charge in [-0.05, 0) is 0 Å². The van der Waals surface area contributed by atoms with E-state index in [0.29, 0.717) is 19.8 Å². The van der Waals surface area contributed by atoms with Gasteiger partial charge in [-0.2, -0.15) is 0 Å². The summed E-state index contributed by atoms with van der Waals surface area (Å²) in [6.45, 7) is 1.86. The molecule has 0 saturated carbocycles. The predicted molar refractivity (Wildman–Crippen MR) is 32.0 cm³/mol. The summed E-state index contributed by atoms with van der Waals surface area (Å²) in [7, 11) is 0. The van der Waals surface area contributed by atoms with Crippen molar-refractivity contribution in [1.29, 1.82) is 0 Å². The summed E-state index contributed by atoms with van der Waals surface area (Å²) in [5.41, 5.74) is 5.18. The molecule has 0 aromatic heterocycles. The van der Waals surface area contributed by atoms with Crippen LogP contribution in [0, 0.1) is 0 Å². The highest BCUT2D eigenvalue weighted by atomic mass is 35.5. The molecule has 1 rings (SSSR count). The van der Waals surface area contributed by atoms with Crippen LogP contribution < -0.4 is 5.73 Å². The Morgan fingerprint density at radius 1 is 1.38 bits per heavy atom. The maximum absolute atomic E-state index is 5.18. The lowest BCUT2D eigenvalue weighted by atomic mass is 10.7. The standard InChI is InChI=1S/C4H9NO2.ClH/c5-3-4-6-1-2-7-4;/h4H,1-3,5H2;1H. The van der Waals surface area contributed by atoms with Gasteiger partial charge in [-0.25, -0.2) is 0 Å². The van der Waals surface area contributed by atoms with Gasteiger partial charge in [-0.1, -0.05) is 0 Å². The van der Waals surface area contributed by atoms with Gasteiger partial charge < -0.3 is 15.2 Å². The van der Waals surface area contributed by atoms with Crippen molar-refractivity contribution >= 4 is 12.4 Å². The molecule has 50 valence electrons. The van der Waals surface area contributed by atoms with E-state index in [1.54, 1.807) is 0 Å². The number of nitrogens with two attached hydrogens (primary N) is 1. The van der Waals surface area contributed by atoms with Gasteiger partial charge in [0.2, 0.25) is 0 Å². The van der Waals surface area contributed by atoms with E-state index in [9.17, 15) is 0 Å². The fourth-order valence-corrected chi connectivity index (χ4v) is 0.543. The fourth-order valence-electron chi connectivity index (χ4n) is 0.543. The van der Waals surface area contributed by atoms with E-state index in [1.807, 2.05) is 0 Å². The number of halogens is 1. The monoisotopic (exact) mass is 139 g/mol. The zero-order chi connectivity index (χ0) is 5.11. The Morgan fingerprint density at radius 2 is 1.88 bits per heavy atom. The Kier molecular flexibility index (Phi) is 4.18. The Labute approximate surface area is 54.5 Å². The van der Waals surface area contributed by atoms with Crippen molar-refractivity contribution in [3.05, 3.63) is 0 Å². The van der Waals surface area contributed by atoms with E-state index in [4.69, 9.17) is 15.2 Å². The van der Waals surface area contributed by atoms with Crippen molar-refractivity contribution in [1.82, 2.24) is 0 Å². The van der Waals surface area contributed by atoms with Crippen molar-refractivity contribution in [2.45, 2.75) is 6.29 Å². The van der Waals surface area contributed by atoms with Crippen LogP contribution in [-0.2, 0) is 9.47 Å². The molecular weight excluding hydrogens is 130 g/mol. The van der Waals surface area contributed by atoms with Gasteiger partial charge in [0.25, 0.3) is 0 Å². The average Bonchev–Trinajstić information content (AvgIpc) is 2.14. The summed E-state index contributed by atoms with van der Waals surface area (Å²) >= 11 is 0. The lowest BCUT2D eigenvalue weighted by molar-refractivity contribution is -0.0330. The van der Waals surface area contributed by atoms with E-state index in [1.165, 1.54) is 0 Å². The molecule has 1 aliphatic heterocycles. The van der Waals surface area contributed by atoms with E-state index in [0.717, 1.165) is 0 Å². The van der Waals surface area contributed by atoms with E-state index >= 15 is 0 Å². The van der Waals surface area contributed by atoms with Crippen molar-refractivity contribution < 1.29 is 9.47 Å². The van der Waals surface area contributed by atoms with Crippen molar-refractivity contribution in [2.75, 3.05) is 19.8 Å². The van der Waals surface area contributed by atoms with Gasteiger partial charge in [0.1, 0.15) is 0 Å². The normalized spacial score (nSPS) is 20.6. The highest BCUT2D eigenvalue weighted by Gasteiger charge is 2.11. The van der Waals surface area contributed by atoms with Gasteiger partial charge in [0.05, 0.1) is 13.2 Å². The first-order valence-electron chi connectivity index (χ1n) is 2.37. The molecule has 1 aliphatic rings. The summed E-state index contributed by atoms with van der Waals surface area (Å²) in [5, 5.41) is 0. The van der Waals surface area contributed by atoms with Crippen LogP contribution in [0.3, 0.4) is 0 Å². The summed E-state index contributed by atoms with van der Waals surface area (Å²) < 4.78 is 9.91. The summed E-state index contributed by atoms with van der Waals surface area (Å²) in [6.07, 6.45) is -0.125. The molecule has 2 N–H and O–H groups in total. The molecule has 0 atom stereocenters. The molecule has 0 amide bonds. The predicted octanol–water partition coefficient (Wildman–Crippen LogP) is -0.260. The van der Waals surface area contributed by atoms with Crippen molar-refractivity contribution in [3.63, 3.8) is 0 Å². The number of hydrogen-bond acceptors (Lipinski definition) is 3. The van der Waals surface area contributed by atoms with Crippen LogP contribution in [0.5, 0.6) is 0 Å². The first kappa shape index (κ1) is 8.17. The lowest BCUT2D eigenvalue weighted by Crippen LogP contribution is -2.19. The molecule has 1 saturated heterocycles. The number of rotatable bonds is 1. The van der Waals surface area contributed by atoms with E-state index in [-0.39, 0.29) is 18.7 Å². The van der Waals surface area contributed by atoms with E-state index < -0.39 is 0 Å². The molecule has 1 fully saturated rings. The minimum absolute atomic E-state index is 0. The summed E-state index contributed by atoms with van der Waals surface area (Å²) in [5.74, 6) is 0. The van der Waals surface area contributed by atoms with Crippen molar-refractivity contribution in [2.24, 2.45) is 5.73 Å². The largest absolute Gasteiger partial charge is 0.349 e. The van der Waals surface area contributed by atoms with Crippen LogP contribution in [0.2, 0.25) is 0 Å². The zero-order valence-corrected chi connectivity index (χ0v) is 5.32. The van der Waals surface area contributed by atoms with Crippen molar-refractivity contribution in [3.8, 4) is 0 Å². The smallest absolute Gasteiger partial charge is 0.169 e. The second-order valence-corrected chi connectivity index (χ2v) is 1.41. The molecule has 1 heterocycles. The quantitative estimate of drug-likeness (QED) is 0.545. The minimum Gasteiger partial charge on any atom is -0.349 e. The highest BCUT2D eigenvalue weighted by molar-refractivity contribution is 5.85. The van der Waals surface area contributed by atoms with Gasteiger partial charge in [-0.3, -0.25) is 0 Å². The maximum atomic E-state index is 5.18. The van der Waals surface area contributed by atoms with Crippen LogP contribution >= 0.6 is 12.4 Å². The second-order valence-electron chi connectivity index (χ2n) is 1.41. The molecule has 0 bridgehead atoms. The third-order valence-corrected chi connectivity index (χ3v) is 0.883. The maximum Gasteiger partial charge on any atom is 0.169 e.